The van der Waals surface area contributed by atoms with Crippen molar-refractivity contribution < 1.29 is 9.13 Å². The molecule has 0 amide bonds. The zero-order valence-corrected chi connectivity index (χ0v) is 13.1. The number of aryl methyl sites for hydroxylation is 2. The van der Waals surface area contributed by atoms with Crippen molar-refractivity contribution in [3.63, 3.8) is 0 Å². The van der Waals surface area contributed by atoms with Gasteiger partial charge in [0.1, 0.15) is 17.3 Å². The number of nitrogens with one attached hydrogen (secondary N) is 1. The second-order valence-corrected chi connectivity index (χ2v) is 5.29. The number of ether oxygens (including phenoxy) is 1. The van der Waals surface area contributed by atoms with Crippen LogP contribution in [0.5, 0.6) is 11.5 Å². The lowest BCUT2D eigenvalue weighted by Crippen LogP contribution is -2.12. The van der Waals surface area contributed by atoms with E-state index in [9.17, 15) is 4.39 Å². The molecule has 0 heterocycles. The van der Waals surface area contributed by atoms with Gasteiger partial charge in [0.25, 0.3) is 0 Å². The number of benzene rings is 2. The van der Waals surface area contributed by atoms with E-state index in [2.05, 4.69) is 18.3 Å². The molecule has 2 rings (SSSR count). The van der Waals surface area contributed by atoms with Crippen LogP contribution in [0, 0.1) is 26.6 Å². The molecule has 0 aliphatic heterocycles. The second-order valence-electron chi connectivity index (χ2n) is 5.29. The minimum absolute atomic E-state index is 0.243. The summed E-state index contributed by atoms with van der Waals surface area (Å²) in [6.07, 6.45) is 0. The van der Waals surface area contributed by atoms with Crippen LogP contribution in [0.15, 0.2) is 30.3 Å². The van der Waals surface area contributed by atoms with E-state index in [0.717, 1.165) is 29.0 Å². The number of hydrogen-bond donors (Lipinski definition) is 1. The number of rotatable bonds is 5. The summed E-state index contributed by atoms with van der Waals surface area (Å²) in [4.78, 5) is 0. The number of hydrogen-bond acceptors (Lipinski definition) is 2. The van der Waals surface area contributed by atoms with Crippen molar-refractivity contribution >= 4 is 0 Å². The molecule has 2 nitrogen and oxygen atoms in total. The van der Waals surface area contributed by atoms with Gasteiger partial charge >= 0.3 is 0 Å². The van der Waals surface area contributed by atoms with E-state index in [1.54, 1.807) is 6.07 Å². The molecule has 0 bridgehead atoms. The SMILES string of the molecule is CCNCc1cc(F)ccc1Oc1c(C)ccc(C)c1C. The quantitative estimate of drug-likeness (QED) is 0.864. The predicted molar refractivity (Wildman–Crippen MR) is 84.5 cm³/mol. The summed E-state index contributed by atoms with van der Waals surface area (Å²) < 4.78 is 19.5. The van der Waals surface area contributed by atoms with E-state index < -0.39 is 0 Å². The smallest absolute Gasteiger partial charge is 0.133 e. The van der Waals surface area contributed by atoms with Crippen LogP contribution in [-0.2, 0) is 6.54 Å². The first-order valence-corrected chi connectivity index (χ1v) is 7.26. The third-order valence-electron chi connectivity index (χ3n) is 3.67. The molecule has 0 aliphatic rings. The van der Waals surface area contributed by atoms with E-state index in [0.29, 0.717) is 12.3 Å². The molecule has 0 fully saturated rings. The average molecular weight is 287 g/mol. The maximum Gasteiger partial charge on any atom is 0.133 e. The van der Waals surface area contributed by atoms with Crippen LogP contribution in [0.25, 0.3) is 0 Å². The topological polar surface area (TPSA) is 21.3 Å². The fourth-order valence-electron chi connectivity index (χ4n) is 2.24. The standard InChI is InChI=1S/C18H22FNO/c1-5-20-11-15-10-16(19)8-9-17(15)21-18-13(3)7-6-12(2)14(18)4/h6-10,20H,5,11H2,1-4H3. The first kappa shape index (κ1) is 15.5. The van der Waals surface area contributed by atoms with Crippen LogP contribution in [0.4, 0.5) is 4.39 Å². The largest absolute Gasteiger partial charge is 0.456 e. The van der Waals surface area contributed by atoms with Gasteiger partial charge in [0.05, 0.1) is 0 Å². The molecule has 0 saturated heterocycles. The summed E-state index contributed by atoms with van der Waals surface area (Å²) in [7, 11) is 0. The van der Waals surface area contributed by atoms with Gasteiger partial charge in [0.15, 0.2) is 0 Å². The van der Waals surface area contributed by atoms with Crippen LogP contribution >= 0.6 is 0 Å². The summed E-state index contributed by atoms with van der Waals surface area (Å²) >= 11 is 0. The van der Waals surface area contributed by atoms with Crippen LogP contribution in [0.3, 0.4) is 0 Å². The molecule has 3 heteroatoms. The summed E-state index contributed by atoms with van der Waals surface area (Å²) in [6, 6.07) is 8.79. The molecule has 0 aliphatic carbocycles. The van der Waals surface area contributed by atoms with Gasteiger partial charge in [0.2, 0.25) is 0 Å². The predicted octanol–water partition coefficient (Wildman–Crippen LogP) is 4.65. The van der Waals surface area contributed by atoms with Gasteiger partial charge in [-0.1, -0.05) is 19.1 Å². The molecule has 1 N–H and O–H groups in total. The lowest BCUT2D eigenvalue weighted by molar-refractivity contribution is 0.463. The van der Waals surface area contributed by atoms with Crippen molar-refractivity contribution in [2.24, 2.45) is 0 Å². The molecule has 0 radical (unpaired) electrons. The van der Waals surface area contributed by atoms with Crippen molar-refractivity contribution in [1.82, 2.24) is 5.32 Å². The van der Waals surface area contributed by atoms with Crippen LogP contribution in [0.2, 0.25) is 0 Å². The monoisotopic (exact) mass is 287 g/mol. The van der Waals surface area contributed by atoms with Crippen LogP contribution in [-0.4, -0.2) is 6.54 Å². The Morgan fingerprint density at radius 3 is 2.48 bits per heavy atom. The first-order valence-electron chi connectivity index (χ1n) is 7.26. The molecule has 2 aromatic carbocycles. The molecule has 112 valence electrons. The normalized spacial score (nSPS) is 10.7. The van der Waals surface area contributed by atoms with Crippen molar-refractivity contribution in [3.05, 3.63) is 58.4 Å². The Bertz CT molecular complexity index is 637. The molecule has 0 spiro atoms. The lowest BCUT2D eigenvalue weighted by atomic mass is 10.1. The van der Waals surface area contributed by atoms with Gasteiger partial charge in [-0.05, 0) is 62.2 Å². The van der Waals surface area contributed by atoms with E-state index in [4.69, 9.17) is 4.74 Å². The summed E-state index contributed by atoms with van der Waals surface area (Å²) in [5.74, 6) is 1.32. The van der Waals surface area contributed by atoms with Crippen LogP contribution in [0.1, 0.15) is 29.2 Å². The molecule has 0 aromatic heterocycles. The molecular formula is C18H22FNO. The summed E-state index contributed by atoms with van der Waals surface area (Å²) in [5, 5.41) is 3.21. The first-order chi connectivity index (χ1) is 10.0. The zero-order chi connectivity index (χ0) is 15.4. The minimum Gasteiger partial charge on any atom is -0.456 e. The van der Waals surface area contributed by atoms with Gasteiger partial charge < -0.3 is 10.1 Å². The third-order valence-corrected chi connectivity index (χ3v) is 3.67. The molecule has 21 heavy (non-hydrogen) atoms. The Kier molecular flexibility index (Phi) is 4.97. The van der Waals surface area contributed by atoms with E-state index >= 15 is 0 Å². The number of halogens is 1. The Morgan fingerprint density at radius 2 is 1.76 bits per heavy atom. The van der Waals surface area contributed by atoms with Crippen molar-refractivity contribution in [3.8, 4) is 11.5 Å². The summed E-state index contributed by atoms with van der Waals surface area (Å²) in [6.45, 7) is 9.58. The Hall–Kier alpha value is -1.87. The molecule has 2 aromatic rings. The molecule has 0 saturated carbocycles. The van der Waals surface area contributed by atoms with Gasteiger partial charge in [0, 0.05) is 12.1 Å². The highest BCUT2D eigenvalue weighted by Crippen LogP contribution is 2.32. The summed E-state index contributed by atoms with van der Waals surface area (Å²) in [5.41, 5.74) is 4.22. The second kappa shape index (κ2) is 6.72. The highest BCUT2D eigenvalue weighted by molar-refractivity contribution is 5.48. The van der Waals surface area contributed by atoms with Crippen LogP contribution < -0.4 is 10.1 Å². The third kappa shape index (κ3) is 3.61. The van der Waals surface area contributed by atoms with E-state index in [-0.39, 0.29) is 5.82 Å². The van der Waals surface area contributed by atoms with Crippen molar-refractivity contribution in [2.45, 2.75) is 34.2 Å². The Morgan fingerprint density at radius 1 is 1.05 bits per heavy atom. The van der Waals surface area contributed by atoms with E-state index in [1.165, 1.54) is 17.7 Å². The highest BCUT2D eigenvalue weighted by atomic mass is 19.1. The minimum atomic E-state index is -0.243. The molecular weight excluding hydrogens is 265 g/mol. The molecule has 0 unspecified atom stereocenters. The van der Waals surface area contributed by atoms with Gasteiger partial charge in [-0.2, -0.15) is 0 Å². The highest BCUT2D eigenvalue weighted by Gasteiger charge is 2.11. The lowest BCUT2D eigenvalue weighted by Gasteiger charge is -2.16. The maximum atomic E-state index is 13.5. The van der Waals surface area contributed by atoms with Gasteiger partial charge in [-0.25, -0.2) is 4.39 Å². The average Bonchev–Trinajstić information content (AvgIpc) is 2.47. The fourth-order valence-corrected chi connectivity index (χ4v) is 2.24. The molecule has 0 atom stereocenters. The van der Waals surface area contributed by atoms with Gasteiger partial charge in [-0.15, -0.1) is 0 Å². The zero-order valence-electron chi connectivity index (χ0n) is 13.1. The fraction of sp³-hybridized carbons (Fsp3) is 0.333. The van der Waals surface area contributed by atoms with Gasteiger partial charge in [-0.3, -0.25) is 0 Å². The maximum absolute atomic E-state index is 13.5. The van der Waals surface area contributed by atoms with Crippen molar-refractivity contribution in [1.29, 1.82) is 0 Å². The van der Waals surface area contributed by atoms with E-state index in [1.807, 2.05) is 26.8 Å². The Labute approximate surface area is 126 Å². The van der Waals surface area contributed by atoms with Crippen molar-refractivity contribution in [2.75, 3.05) is 6.54 Å². The Balaban J connectivity index is 2.37.